The second kappa shape index (κ2) is 20.4. The fourth-order valence-corrected chi connectivity index (χ4v) is 10.9. The van der Waals surface area contributed by atoms with Crippen LogP contribution in [0.4, 0.5) is 51.2 Å². The highest BCUT2D eigenvalue weighted by Gasteiger charge is 2.24. The molecule has 4 nitrogen and oxygen atoms in total. The van der Waals surface area contributed by atoms with Crippen LogP contribution in [-0.2, 0) is 0 Å². The molecule has 0 saturated heterocycles. The molecule has 1 heterocycles. The molecule has 76 heavy (non-hydrogen) atoms. The Balaban J connectivity index is 0.939. The minimum atomic E-state index is 1.05. The van der Waals surface area contributed by atoms with Crippen LogP contribution in [0.5, 0.6) is 0 Å². The molecule has 360 valence electrons. The van der Waals surface area contributed by atoms with Crippen molar-refractivity contribution in [1.82, 2.24) is 4.57 Å². The van der Waals surface area contributed by atoms with E-state index in [0.717, 1.165) is 62.4 Å². The van der Waals surface area contributed by atoms with Crippen molar-refractivity contribution in [1.29, 1.82) is 0 Å². The molecule has 0 bridgehead atoms. The van der Waals surface area contributed by atoms with Gasteiger partial charge in [-0.05, 0) is 149 Å². The summed E-state index contributed by atoms with van der Waals surface area (Å²) in [4.78, 5) is 6.97. The summed E-state index contributed by atoms with van der Waals surface area (Å²) in [5.41, 5.74) is 19.1. The minimum absolute atomic E-state index is 1.05. The summed E-state index contributed by atoms with van der Waals surface area (Å²) in [6.07, 6.45) is 0. The topological polar surface area (TPSA) is 14.7 Å². The highest BCUT2D eigenvalue weighted by atomic mass is 15.2. The second-order valence-electron chi connectivity index (χ2n) is 18.9. The van der Waals surface area contributed by atoms with Crippen LogP contribution in [0.15, 0.2) is 315 Å². The van der Waals surface area contributed by atoms with Crippen molar-refractivity contribution in [3.05, 3.63) is 315 Å². The zero-order valence-electron chi connectivity index (χ0n) is 41.8. The Kier molecular flexibility index (Phi) is 12.3. The molecule has 0 atom stereocenters. The van der Waals surface area contributed by atoms with Gasteiger partial charge in [0.25, 0.3) is 0 Å². The van der Waals surface area contributed by atoms with Crippen LogP contribution in [0.3, 0.4) is 0 Å². The summed E-state index contributed by atoms with van der Waals surface area (Å²) < 4.78 is 2.48. The first-order chi connectivity index (χ1) is 37.7. The first kappa shape index (κ1) is 45.7. The number of para-hydroxylation sites is 5. The lowest BCUT2D eigenvalue weighted by Gasteiger charge is -2.29. The number of hydrogen-bond donors (Lipinski definition) is 0. The van der Waals surface area contributed by atoms with Crippen LogP contribution in [0.1, 0.15) is 0 Å². The first-order valence-electron chi connectivity index (χ1n) is 25.9. The zero-order valence-corrected chi connectivity index (χ0v) is 41.8. The van der Waals surface area contributed by atoms with Gasteiger partial charge in [0.05, 0.1) is 11.2 Å². The molecule has 0 N–H and O–H groups in total. The van der Waals surface area contributed by atoms with Crippen LogP contribution >= 0.6 is 0 Å². The summed E-state index contributed by atoms with van der Waals surface area (Å²) in [6.45, 7) is 0. The molecule has 13 rings (SSSR count). The number of rotatable bonds is 13. The van der Waals surface area contributed by atoms with Gasteiger partial charge in [-0.15, -0.1) is 0 Å². The number of aromatic nitrogens is 1. The van der Waals surface area contributed by atoms with Gasteiger partial charge in [-0.25, -0.2) is 0 Å². The van der Waals surface area contributed by atoms with Crippen LogP contribution in [0, 0.1) is 0 Å². The van der Waals surface area contributed by atoms with E-state index in [9.17, 15) is 0 Å². The SMILES string of the molecule is c1ccc(-c2c(-c3ccccc3)n(-c3ccccc3)c3c2ccc2c(-c4ccc(N(c5ccc(N(c6ccccc6)c6ccccc6)cc5)c5ccc(N(c6ccccc6)c6ccccc6)cc5)cc4)cccc23)cc1. The normalized spacial score (nSPS) is 11.2. The molecular formula is C72H52N4. The van der Waals surface area contributed by atoms with Gasteiger partial charge in [0.15, 0.2) is 0 Å². The monoisotopic (exact) mass is 972 g/mol. The summed E-state index contributed by atoms with van der Waals surface area (Å²) in [5.74, 6) is 0. The molecule has 13 aromatic rings. The minimum Gasteiger partial charge on any atom is -0.311 e. The number of nitrogens with zero attached hydrogens (tertiary/aromatic N) is 4. The van der Waals surface area contributed by atoms with Crippen LogP contribution in [0.25, 0.3) is 60.9 Å². The second-order valence-corrected chi connectivity index (χ2v) is 18.9. The molecule has 12 aromatic carbocycles. The molecular weight excluding hydrogens is 921 g/mol. The molecule has 0 aliphatic carbocycles. The van der Waals surface area contributed by atoms with Crippen molar-refractivity contribution < 1.29 is 0 Å². The summed E-state index contributed by atoms with van der Waals surface area (Å²) >= 11 is 0. The van der Waals surface area contributed by atoms with E-state index in [4.69, 9.17) is 0 Å². The van der Waals surface area contributed by atoms with Crippen molar-refractivity contribution in [2.24, 2.45) is 0 Å². The molecule has 0 aliphatic rings. The Labute approximate surface area is 444 Å². The van der Waals surface area contributed by atoms with Crippen LogP contribution in [0.2, 0.25) is 0 Å². The predicted molar refractivity (Wildman–Crippen MR) is 321 cm³/mol. The third-order valence-corrected chi connectivity index (χ3v) is 14.3. The highest BCUT2D eigenvalue weighted by molar-refractivity contribution is 6.18. The Hall–Kier alpha value is -10.2. The van der Waals surface area contributed by atoms with E-state index in [0.29, 0.717) is 0 Å². The number of fused-ring (bicyclic) bond motifs is 3. The molecule has 0 spiro atoms. The van der Waals surface area contributed by atoms with Crippen molar-refractivity contribution in [2.45, 2.75) is 0 Å². The van der Waals surface area contributed by atoms with E-state index < -0.39 is 0 Å². The van der Waals surface area contributed by atoms with E-state index in [2.05, 4.69) is 335 Å². The smallest absolute Gasteiger partial charge is 0.0620 e. The van der Waals surface area contributed by atoms with Crippen molar-refractivity contribution >= 4 is 72.9 Å². The third kappa shape index (κ3) is 8.64. The lowest BCUT2D eigenvalue weighted by Crippen LogP contribution is -2.13. The first-order valence-corrected chi connectivity index (χ1v) is 25.9. The van der Waals surface area contributed by atoms with Gasteiger partial charge in [0, 0.05) is 73.2 Å². The lowest BCUT2D eigenvalue weighted by atomic mass is 9.94. The molecule has 0 saturated carbocycles. The van der Waals surface area contributed by atoms with Gasteiger partial charge >= 0.3 is 0 Å². The Morgan fingerprint density at radius 2 is 0.539 bits per heavy atom. The van der Waals surface area contributed by atoms with Crippen molar-refractivity contribution in [3.8, 4) is 39.2 Å². The molecule has 0 unspecified atom stereocenters. The number of anilines is 9. The highest BCUT2D eigenvalue weighted by Crippen LogP contribution is 2.47. The van der Waals surface area contributed by atoms with Gasteiger partial charge in [-0.3, -0.25) is 0 Å². The summed E-state index contributed by atoms with van der Waals surface area (Å²) in [7, 11) is 0. The third-order valence-electron chi connectivity index (χ3n) is 14.3. The van der Waals surface area contributed by atoms with Gasteiger partial charge < -0.3 is 19.3 Å². The average Bonchev–Trinajstić information content (AvgIpc) is 3.88. The molecule has 0 amide bonds. The Bertz CT molecular complexity index is 3830. The molecule has 0 fully saturated rings. The van der Waals surface area contributed by atoms with Gasteiger partial charge in [-0.1, -0.05) is 194 Å². The van der Waals surface area contributed by atoms with Gasteiger partial charge in [0.2, 0.25) is 0 Å². The van der Waals surface area contributed by atoms with Crippen LogP contribution < -0.4 is 14.7 Å². The molecule has 4 heteroatoms. The maximum absolute atomic E-state index is 2.48. The fourth-order valence-electron chi connectivity index (χ4n) is 10.9. The maximum atomic E-state index is 2.48. The predicted octanol–water partition coefficient (Wildman–Crippen LogP) is 20.2. The molecule has 1 aromatic heterocycles. The van der Waals surface area contributed by atoms with E-state index in [1.165, 1.54) is 49.6 Å². The average molecular weight is 973 g/mol. The van der Waals surface area contributed by atoms with Gasteiger partial charge in [0.1, 0.15) is 0 Å². The zero-order chi connectivity index (χ0) is 50.6. The van der Waals surface area contributed by atoms with E-state index in [1.54, 1.807) is 0 Å². The summed E-state index contributed by atoms with van der Waals surface area (Å²) in [5, 5.41) is 3.61. The molecule has 0 radical (unpaired) electrons. The van der Waals surface area contributed by atoms with Crippen molar-refractivity contribution in [2.75, 3.05) is 14.7 Å². The largest absolute Gasteiger partial charge is 0.311 e. The van der Waals surface area contributed by atoms with Crippen LogP contribution in [-0.4, -0.2) is 4.57 Å². The fraction of sp³-hybridized carbons (Fsp3) is 0. The maximum Gasteiger partial charge on any atom is 0.0620 e. The number of benzene rings is 12. The van der Waals surface area contributed by atoms with Gasteiger partial charge in [-0.2, -0.15) is 0 Å². The molecule has 0 aliphatic heterocycles. The lowest BCUT2D eigenvalue weighted by molar-refractivity contribution is 1.14. The quantitative estimate of drug-likeness (QED) is 0.114. The van der Waals surface area contributed by atoms with E-state index in [-0.39, 0.29) is 0 Å². The standard InChI is InChI=1S/C72H52N4/c1-8-23-54(24-9-1)70-69-52-51-67-66(37-22-38-68(67)72(69)76(60-35-20-7-21-36-60)71(70)55-25-10-2-11-26-55)53-39-41-61(42-40-53)75(64-47-43-62(44-48-64)73(56-27-12-3-13-28-56)57-29-14-4-15-30-57)65-49-45-63(46-50-65)74(58-31-16-5-17-32-58)59-33-18-6-19-34-59/h1-52H. The van der Waals surface area contributed by atoms with Crippen molar-refractivity contribution in [3.63, 3.8) is 0 Å². The Morgan fingerprint density at radius 1 is 0.211 bits per heavy atom. The Morgan fingerprint density at radius 3 is 0.947 bits per heavy atom. The van der Waals surface area contributed by atoms with E-state index in [1.807, 2.05) is 0 Å². The van der Waals surface area contributed by atoms with E-state index >= 15 is 0 Å². The summed E-state index contributed by atoms with van der Waals surface area (Å²) in [6, 6.07) is 113. The number of hydrogen-bond acceptors (Lipinski definition) is 3.